The van der Waals surface area contributed by atoms with Gasteiger partial charge in [0.15, 0.2) is 17.9 Å². The van der Waals surface area contributed by atoms with Crippen LogP contribution in [0, 0.1) is 0 Å². The third-order valence-corrected chi connectivity index (χ3v) is 11.8. The molecule has 8 atom stereocenters. The number of phenolic OH excluding ortho intramolecular Hbond substituents is 2. The Bertz CT molecular complexity index is 2230. The van der Waals surface area contributed by atoms with Gasteiger partial charge in [0.2, 0.25) is 17.6 Å². The first-order valence-electron chi connectivity index (χ1n) is 19.5. The number of Topliss-reactive ketones (excluding diaryl/α,β-unsaturated/α-hetero) is 1. The number of carbonyl (C=O) groups is 6. The third kappa shape index (κ3) is 7.32. The molecule has 0 bridgehead atoms. The molecule has 312 valence electrons. The fourth-order valence-electron chi connectivity index (χ4n) is 8.72. The van der Waals surface area contributed by atoms with Gasteiger partial charge >= 0.3 is 0 Å². The van der Waals surface area contributed by atoms with Crippen LogP contribution < -0.4 is 15.4 Å². The lowest BCUT2D eigenvalue weighted by atomic mass is 9.71. The number of hydrogen-bond acceptors (Lipinski definition) is 14. The number of carbonyl (C=O) groups excluding carboxylic acids is 6. The highest BCUT2D eigenvalue weighted by Crippen LogP contribution is 2.52. The summed E-state index contributed by atoms with van der Waals surface area (Å²) in [4.78, 5) is 86.4. The molecule has 0 spiro atoms. The monoisotopic (exact) mass is 814 g/mol. The van der Waals surface area contributed by atoms with Crippen LogP contribution in [0.15, 0.2) is 42.7 Å². The number of ether oxygens (including phenoxy) is 3. The molecule has 3 amide bonds. The lowest BCUT2D eigenvalue weighted by molar-refractivity contribution is -0.249. The quantitative estimate of drug-likeness (QED) is 0.125. The van der Waals surface area contributed by atoms with Crippen LogP contribution in [0.5, 0.6) is 17.2 Å². The molecule has 6 N–H and O–H groups in total. The molecule has 3 aromatic rings. The molecule has 59 heavy (non-hydrogen) atoms. The second-order valence-electron chi connectivity index (χ2n) is 15.4. The summed E-state index contributed by atoms with van der Waals surface area (Å²) in [5, 5.41) is 52.0. The third-order valence-electron chi connectivity index (χ3n) is 11.8. The molecule has 1 aromatic heterocycles. The van der Waals surface area contributed by atoms with Crippen LogP contribution in [0.1, 0.15) is 112 Å². The molecule has 4 aliphatic rings. The summed E-state index contributed by atoms with van der Waals surface area (Å²) >= 11 is 0. The number of aromatic nitrogens is 1. The second kappa shape index (κ2) is 16.1. The molecule has 0 radical (unpaired) electrons. The fraction of sp³-hybridized carbons (Fsp3) is 0.452. The number of ketones is 3. The zero-order valence-corrected chi connectivity index (χ0v) is 32.9. The van der Waals surface area contributed by atoms with Crippen molar-refractivity contribution < 1.29 is 63.4 Å². The Hall–Kier alpha value is -5.75. The Labute approximate surface area is 338 Å². The largest absolute Gasteiger partial charge is 0.507 e. The lowest BCUT2D eigenvalue weighted by Crippen LogP contribution is -2.59. The van der Waals surface area contributed by atoms with Gasteiger partial charge in [-0.05, 0) is 44.9 Å². The molecule has 17 heteroatoms. The Morgan fingerprint density at radius 1 is 1.05 bits per heavy atom. The topological polar surface area (TPSA) is 251 Å². The summed E-state index contributed by atoms with van der Waals surface area (Å²) in [5.74, 6) is -5.00. The van der Waals surface area contributed by atoms with Crippen molar-refractivity contribution >= 4 is 35.1 Å². The van der Waals surface area contributed by atoms with Crippen LogP contribution in [-0.4, -0.2) is 121 Å². The highest BCUT2D eigenvalue weighted by molar-refractivity contribution is 6.31. The van der Waals surface area contributed by atoms with Crippen LogP contribution >= 0.6 is 0 Å². The van der Waals surface area contributed by atoms with E-state index >= 15 is 0 Å². The number of hydrogen-bond donors (Lipinski definition) is 6. The molecule has 2 aliphatic carbocycles. The second-order valence-corrected chi connectivity index (χ2v) is 15.4. The van der Waals surface area contributed by atoms with Crippen LogP contribution in [0.4, 0.5) is 0 Å². The summed E-state index contributed by atoms with van der Waals surface area (Å²) in [6, 6.07) is 4.51. The van der Waals surface area contributed by atoms with Crippen molar-refractivity contribution in [3.63, 3.8) is 0 Å². The number of phenols is 2. The Kier molecular flexibility index (Phi) is 11.3. The summed E-state index contributed by atoms with van der Waals surface area (Å²) in [5.41, 5.74) is -3.28. The summed E-state index contributed by atoms with van der Waals surface area (Å²) < 4.78 is 17.7. The van der Waals surface area contributed by atoms with E-state index in [2.05, 4.69) is 15.6 Å². The number of fused-ring (bicyclic) bond motifs is 3. The lowest BCUT2D eigenvalue weighted by Gasteiger charge is -2.43. The number of amides is 3. The average Bonchev–Trinajstić information content (AvgIpc) is 3.72. The van der Waals surface area contributed by atoms with Crippen molar-refractivity contribution in [3.05, 3.63) is 81.7 Å². The van der Waals surface area contributed by atoms with Crippen molar-refractivity contribution in [3.8, 4) is 17.2 Å². The van der Waals surface area contributed by atoms with E-state index in [-0.39, 0.29) is 47.4 Å². The molecule has 2 fully saturated rings. The van der Waals surface area contributed by atoms with Crippen LogP contribution in [-0.2, 0) is 30.3 Å². The number of nitrogens with zero attached hydrogens (tertiary/aromatic N) is 2. The zero-order valence-electron chi connectivity index (χ0n) is 32.9. The first-order chi connectivity index (χ1) is 28.1. The molecule has 2 aromatic carbocycles. The maximum absolute atomic E-state index is 14.0. The number of benzene rings is 2. The summed E-state index contributed by atoms with van der Waals surface area (Å²) in [7, 11) is 1.32. The normalized spacial score (nSPS) is 26.6. The van der Waals surface area contributed by atoms with E-state index in [1.165, 1.54) is 61.7 Å². The van der Waals surface area contributed by atoms with Crippen molar-refractivity contribution in [2.24, 2.45) is 0 Å². The number of aliphatic hydroxyl groups is 2. The highest BCUT2D eigenvalue weighted by atomic mass is 16.7. The molecule has 2 aliphatic heterocycles. The fourth-order valence-corrected chi connectivity index (χ4v) is 8.72. The molecule has 7 rings (SSSR count). The van der Waals surface area contributed by atoms with E-state index in [1.54, 1.807) is 13.8 Å². The number of nitrogens with one attached hydrogen (secondary N) is 2. The van der Waals surface area contributed by atoms with E-state index in [1.807, 2.05) is 0 Å². The minimum absolute atomic E-state index is 0.0661. The maximum atomic E-state index is 14.0. The van der Waals surface area contributed by atoms with E-state index < -0.39 is 119 Å². The number of methoxy groups -OCH3 is 1. The predicted molar refractivity (Wildman–Crippen MR) is 205 cm³/mol. The van der Waals surface area contributed by atoms with Gasteiger partial charge in [-0.1, -0.05) is 19.1 Å². The number of aliphatic hydroxyl groups excluding tert-OH is 1. The van der Waals surface area contributed by atoms with Crippen molar-refractivity contribution in [1.29, 1.82) is 0 Å². The molecule has 0 saturated carbocycles. The van der Waals surface area contributed by atoms with Crippen molar-refractivity contribution in [2.45, 2.75) is 108 Å². The minimum Gasteiger partial charge on any atom is -0.507 e. The van der Waals surface area contributed by atoms with Gasteiger partial charge in [-0.15, -0.1) is 0 Å². The molecule has 0 unspecified atom stereocenters. The Morgan fingerprint density at radius 2 is 1.76 bits per heavy atom. The average molecular weight is 815 g/mol. The van der Waals surface area contributed by atoms with Crippen LogP contribution in [0.2, 0.25) is 0 Å². The van der Waals surface area contributed by atoms with Gasteiger partial charge in [-0.2, -0.15) is 0 Å². The van der Waals surface area contributed by atoms with Gasteiger partial charge in [0.1, 0.15) is 41.0 Å². The highest BCUT2D eigenvalue weighted by Gasteiger charge is 2.50. The smallest absolute Gasteiger partial charge is 0.252 e. The zero-order chi connectivity index (χ0) is 42.5. The molecule has 17 nitrogen and oxygen atoms in total. The van der Waals surface area contributed by atoms with E-state index in [0.29, 0.717) is 18.4 Å². The first kappa shape index (κ1) is 41.4. The standard InChI is InChI=1S/C42H46N4O13/c1-5-28(47)42(56)17-23-31(38(52)33-32(36(23)50)35(49)22-8-6-10-26(57-4)30(22)37(33)51)27(18-42)59-29-16-24(34(48)20(3)58-29)45-40(54)25-9-7-15-46(25)41(55)19(2)44-39(53)21-11-13-43-14-12-21/h6,8,10-14,19-20,24-25,27,29,34,48,50,52,56H,5,7,9,15-18H2,1-4H3,(H,44,53)(H,45,54)/t19-,20+,24+,25+,27+,29+,34+,42+/m1/s1. The number of rotatable bonds is 10. The number of aromatic hydroxyl groups is 2. The van der Waals surface area contributed by atoms with Gasteiger partial charge in [-0.25, -0.2) is 0 Å². The molecule has 2 saturated heterocycles. The van der Waals surface area contributed by atoms with E-state index in [9.17, 15) is 49.2 Å². The van der Waals surface area contributed by atoms with Gasteiger partial charge in [0.05, 0.1) is 42.0 Å². The Morgan fingerprint density at radius 3 is 2.46 bits per heavy atom. The van der Waals surface area contributed by atoms with Gasteiger partial charge in [-0.3, -0.25) is 33.8 Å². The maximum Gasteiger partial charge on any atom is 0.252 e. The number of likely N-dealkylation sites (tertiary alicyclic amines) is 1. The predicted octanol–water partition coefficient (Wildman–Crippen LogP) is 1.78. The molecular weight excluding hydrogens is 768 g/mol. The van der Waals surface area contributed by atoms with Gasteiger partial charge in [0.25, 0.3) is 5.91 Å². The van der Waals surface area contributed by atoms with Gasteiger partial charge in [0, 0.05) is 66.9 Å². The van der Waals surface area contributed by atoms with Gasteiger partial charge < -0.3 is 50.2 Å². The molecule has 3 heterocycles. The van der Waals surface area contributed by atoms with Crippen molar-refractivity contribution in [1.82, 2.24) is 20.5 Å². The Balaban J connectivity index is 1.14. The van der Waals surface area contributed by atoms with Crippen molar-refractivity contribution in [2.75, 3.05) is 13.7 Å². The van der Waals surface area contributed by atoms with Crippen LogP contribution in [0.25, 0.3) is 0 Å². The van der Waals surface area contributed by atoms with Crippen LogP contribution in [0.3, 0.4) is 0 Å². The summed E-state index contributed by atoms with van der Waals surface area (Å²) in [6.07, 6.45) is -2.34. The first-order valence-corrected chi connectivity index (χ1v) is 19.5. The van der Waals surface area contributed by atoms with E-state index in [4.69, 9.17) is 14.2 Å². The summed E-state index contributed by atoms with van der Waals surface area (Å²) in [6.45, 7) is 4.87. The van der Waals surface area contributed by atoms with E-state index in [0.717, 1.165) is 0 Å². The SMILES string of the molecule is CCC(=O)[C@]1(O)Cc2c(O)c3c(c(O)c2[C@@H](O[C@H]2C[C@H](NC(=O)[C@@H]4CCCN4C(=O)[C@@H](C)NC(=O)c4ccncc4)[C@@H](O)[C@H](C)O2)C1)C(=O)c1c(OC)cccc1C3=O. The number of pyridine rings is 1. The minimum atomic E-state index is -2.13. The molecular formula is C42H46N4O13.